The minimum absolute atomic E-state index is 0.490. The van der Waals surface area contributed by atoms with Crippen molar-refractivity contribution in [3.8, 4) is 0 Å². The molecule has 4 nitrogen and oxygen atoms in total. The Labute approximate surface area is 94.1 Å². The van der Waals surface area contributed by atoms with E-state index in [0.717, 1.165) is 26.2 Å². The fourth-order valence-electron chi connectivity index (χ4n) is 1.67. The maximum atomic E-state index is 12.8. The highest BCUT2D eigenvalue weighted by molar-refractivity contribution is 7.53. The second-order valence-electron chi connectivity index (χ2n) is 3.19. The standard InChI is InChI=1S/C10H25N2O2P/c1-6-11(7-2)15(13,14-10-5)12(8-3)9-4/h6-10H2,1-5H3. The summed E-state index contributed by atoms with van der Waals surface area (Å²) >= 11 is 0. The lowest BCUT2D eigenvalue weighted by Crippen LogP contribution is -2.33. The number of hydrogen-bond donors (Lipinski definition) is 0. The van der Waals surface area contributed by atoms with Crippen LogP contribution in [0.3, 0.4) is 0 Å². The molecule has 0 aliphatic rings. The molecule has 0 saturated heterocycles. The zero-order valence-electron chi connectivity index (χ0n) is 10.7. The minimum Gasteiger partial charge on any atom is -0.306 e. The summed E-state index contributed by atoms with van der Waals surface area (Å²) in [7, 11) is -2.77. The van der Waals surface area contributed by atoms with Crippen molar-refractivity contribution < 1.29 is 9.09 Å². The second kappa shape index (κ2) is 7.39. The topological polar surface area (TPSA) is 32.8 Å². The average molecular weight is 236 g/mol. The van der Waals surface area contributed by atoms with Gasteiger partial charge in [0, 0.05) is 26.2 Å². The third kappa shape index (κ3) is 3.56. The van der Waals surface area contributed by atoms with Crippen LogP contribution in [0, 0.1) is 0 Å². The Hall–Kier alpha value is 0.110. The largest absolute Gasteiger partial charge is 0.345 e. The lowest BCUT2D eigenvalue weighted by Gasteiger charge is -2.36. The Bertz CT molecular complexity index is 188. The van der Waals surface area contributed by atoms with Gasteiger partial charge in [0.2, 0.25) is 0 Å². The van der Waals surface area contributed by atoms with Gasteiger partial charge in [-0.05, 0) is 6.92 Å². The van der Waals surface area contributed by atoms with Gasteiger partial charge < -0.3 is 4.52 Å². The smallest absolute Gasteiger partial charge is 0.306 e. The van der Waals surface area contributed by atoms with Gasteiger partial charge in [-0.1, -0.05) is 27.7 Å². The van der Waals surface area contributed by atoms with E-state index in [1.54, 1.807) is 0 Å². The molecule has 0 heterocycles. The molecule has 92 valence electrons. The van der Waals surface area contributed by atoms with Crippen LogP contribution in [-0.4, -0.2) is 42.1 Å². The van der Waals surface area contributed by atoms with Gasteiger partial charge >= 0.3 is 7.67 Å². The molecule has 0 aliphatic heterocycles. The molecule has 0 aromatic carbocycles. The normalized spacial score (nSPS) is 12.7. The van der Waals surface area contributed by atoms with Gasteiger partial charge in [-0.25, -0.2) is 9.34 Å². The van der Waals surface area contributed by atoms with Gasteiger partial charge in [0.25, 0.3) is 0 Å². The predicted octanol–water partition coefficient (Wildman–Crippen LogP) is 2.81. The second-order valence-corrected chi connectivity index (χ2v) is 5.56. The van der Waals surface area contributed by atoms with E-state index in [0.29, 0.717) is 6.61 Å². The third-order valence-electron chi connectivity index (χ3n) is 2.47. The van der Waals surface area contributed by atoms with Crippen LogP contribution in [-0.2, 0) is 9.09 Å². The maximum Gasteiger partial charge on any atom is 0.345 e. The molecule has 0 unspecified atom stereocenters. The molecule has 0 rings (SSSR count). The van der Waals surface area contributed by atoms with Gasteiger partial charge in [-0.2, -0.15) is 0 Å². The van der Waals surface area contributed by atoms with Crippen LogP contribution in [0.15, 0.2) is 0 Å². The number of hydrogen-bond acceptors (Lipinski definition) is 2. The predicted molar refractivity (Wildman–Crippen MR) is 65.1 cm³/mol. The summed E-state index contributed by atoms with van der Waals surface area (Å²) in [6, 6.07) is 0. The fraction of sp³-hybridized carbons (Fsp3) is 1.00. The highest BCUT2D eigenvalue weighted by atomic mass is 31.2. The van der Waals surface area contributed by atoms with Crippen LogP contribution in [0.2, 0.25) is 0 Å². The maximum absolute atomic E-state index is 12.8. The lowest BCUT2D eigenvalue weighted by atomic mass is 10.7. The molecule has 0 aliphatic carbocycles. The molecule has 0 aromatic rings. The summed E-state index contributed by atoms with van der Waals surface area (Å²) in [6.45, 7) is 13.4. The van der Waals surface area contributed by atoms with Crippen molar-refractivity contribution in [1.29, 1.82) is 0 Å². The molecule has 0 fully saturated rings. The molecule has 0 bridgehead atoms. The van der Waals surface area contributed by atoms with Gasteiger partial charge in [0.05, 0.1) is 6.61 Å². The first-order chi connectivity index (χ1) is 7.10. The van der Waals surface area contributed by atoms with Crippen molar-refractivity contribution in [2.45, 2.75) is 34.6 Å². The van der Waals surface area contributed by atoms with E-state index >= 15 is 0 Å². The molecular formula is C10H25N2O2P. The van der Waals surface area contributed by atoms with E-state index in [-0.39, 0.29) is 0 Å². The zero-order valence-corrected chi connectivity index (χ0v) is 11.6. The SMILES string of the molecule is CCOP(=O)(N(CC)CC)N(CC)CC. The van der Waals surface area contributed by atoms with Gasteiger partial charge in [0.1, 0.15) is 0 Å². The first-order valence-electron chi connectivity index (χ1n) is 5.85. The van der Waals surface area contributed by atoms with Crippen LogP contribution in [0.25, 0.3) is 0 Å². The highest BCUT2D eigenvalue weighted by Crippen LogP contribution is 2.53. The number of nitrogens with zero attached hydrogens (tertiary/aromatic N) is 2. The van der Waals surface area contributed by atoms with Crippen molar-refractivity contribution in [2.75, 3.05) is 32.8 Å². The zero-order chi connectivity index (χ0) is 11.9. The van der Waals surface area contributed by atoms with Gasteiger partial charge in [0.15, 0.2) is 0 Å². The van der Waals surface area contributed by atoms with Crippen LogP contribution in [0.4, 0.5) is 0 Å². The molecule has 0 radical (unpaired) electrons. The van der Waals surface area contributed by atoms with Crippen molar-refractivity contribution in [1.82, 2.24) is 9.34 Å². The first-order valence-corrected chi connectivity index (χ1v) is 7.38. The summed E-state index contributed by atoms with van der Waals surface area (Å²) in [4.78, 5) is 0. The molecule has 0 spiro atoms. The minimum atomic E-state index is -2.77. The Balaban J connectivity index is 4.92. The molecule has 0 aromatic heterocycles. The third-order valence-corrected chi connectivity index (χ3v) is 5.63. The lowest BCUT2D eigenvalue weighted by molar-refractivity contribution is 0.224. The Morgan fingerprint density at radius 2 is 1.20 bits per heavy atom. The van der Waals surface area contributed by atoms with Crippen molar-refractivity contribution in [2.24, 2.45) is 0 Å². The van der Waals surface area contributed by atoms with E-state index in [2.05, 4.69) is 0 Å². The monoisotopic (exact) mass is 236 g/mol. The molecule has 5 heteroatoms. The van der Waals surface area contributed by atoms with Gasteiger partial charge in [-0.3, -0.25) is 4.57 Å². The molecule has 15 heavy (non-hydrogen) atoms. The average Bonchev–Trinajstić information content (AvgIpc) is 2.21. The summed E-state index contributed by atoms with van der Waals surface area (Å²) in [6.07, 6.45) is 0. The van der Waals surface area contributed by atoms with Crippen LogP contribution in [0.5, 0.6) is 0 Å². The van der Waals surface area contributed by atoms with Gasteiger partial charge in [-0.15, -0.1) is 0 Å². The van der Waals surface area contributed by atoms with Crippen molar-refractivity contribution >= 4 is 7.67 Å². The van der Waals surface area contributed by atoms with E-state index < -0.39 is 7.67 Å². The quantitative estimate of drug-likeness (QED) is 0.607. The van der Waals surface area contributed by atoms with E-state index in [1.165, 1.54) is 0 Å². The van der Waals surface area contributed by atoms with E-state index in [9.17, 15) is 4.57 Å². The Morgan fingerprint density at radius 3 is 1.40 bits per heavy atom. The fourth-order valence-corrected chi connectivity index (χ4v) is 4.12. The number of rotatable bonds is 8. The van der Waals surface area contributed by atoms with Crippen LogP contribution < -0.4 is 0 Å². The van der Waals surface area contributed by atoms with E-state index in [1.807, 2.05) is 44.0 Å². The molecule has 0 N–H and O–H groups in total. The Kier molecular flexibility index (Phi) is 7.45. The summed E-state index contributed by atoms with van der Waals surface area (Å²) in [5.41, 5.74) is 0. The van der Waals surface area contributed by atoms with E-state index in [4.69, 9.17) is 4.52 Å². The van der Waals surface area contributed by atoms with Crippen molar-refractivity contribution in [3.05, 3.63) is 0 Å². The Morgan fingerprint density at radius 1 is 0.867 bits per heavy atom. The summed E-state index contributed by atoms with van der Waals surface area (Å²) in [5.74, 6) is 0. The van der Waals surface area contributed by atoms with Crippen LogP contribution >= 0.6 is 7.67 Å². The molecule has 0 amide bonds. The molecule has 0 atom stereocenters. The summed E-state index contributed by atoms with van der Waals surface area (Å²) in [5, 5.41) is 0. The molecule has 0 saturated carbocycles. The summed E-state index contributed by atoms with van der Waals surface area (Å²) < 4.78 is 22.1. The van der Waals surface area contributed by atoms with Crippen molar-refractivity contribution in [3.63, 3.8) is 0 Å². The highest BCUT2D eigenvalue weighted by Gasteiger charge is 2.34. The first kappa shape index (κ1) is 15.1. The molecular weight excluding hydrogens is 211 g/mol. The van der Waals surface area contributed by atoms with Crippen LogP contribution in [0.1, 0.15) is 34.6 Å².